The summed E-state index contributed by atoms with van der Waals surface area (Å²) in [6, 6.07) is -0.113. The molecule has 0 bridgehead atoms. The van der Waals surface area contributed by atoms with Crippen molar-refractivity contribution >= 4 is 12.1 Å². The molecule has 4 aliphatic rings. The first kappa shape index (κ1) is 23.5. The second-order valence-corrected chi connectivity index (χ2v) is 10.1. The monoisotopic (exact) mass is 452 g/mol. The number of carbonyl (C=O) groups excluding carboxylic acids is 1. The average Bonchev–Trinajstić information content (AvgIpc) is 3.58. The Balaban J connectivity index is 1.37. The lowest BCUT2D eigenvalue weighted by Gasteiger charge is -2.42. The molecule has 3 saturated heterocycles. The van der Waals surface area contributed by atoms with Gasteiger partial charge in [0.2, 0.25) is 0 Å². The molecule has 9 heteroatoms. The number of allylic oxidation sites excluding steroid dienone is 1. The van der Waals surface area contributed by atoms with E-state index >= 15 is 0 Å². The van der Waals surface area contributed by atoms with E-state index in [1.54, 1.807) is 7.11 Å². The van der Waals surface area contributed by atoms with Gasteiger partial charge in [0, 0.05) is 26.2 Å². The van der Waals surface area contributed by atoms with Gasteiger partial charge in [-0.3, -0.25) is 9.69 Å². The van der Waals surface area contributed by atoms with Crippen LogP contribution in [0.1, 0.15) is 46.5 Å². The highest BCUT2D eigenvalue weighted by atomic mass is 16.6. The van der Waals surface area contributed by atoms with E-state index in [4.69, 9.17) is 24.1 Å². The second-order valence-electron chi connectivity index (χ2n) is 10.1. The summed E-state index contributed by atoms with van der Waals surface area (Å²) in [4.78, 5) is 25.4. The van der Waals surface area contributed by atoms with Crippen molar-refractivity contribution < 1.29 is 33.6 Å². The third-order valence-electron chi connectivity index (χ3n) is 7.45. The largest absolute Gasteiger partial charge is 0.480 e. The number of likely N-dealkylation sites (tertiary alicyclic amines) is 1. The molecular formula is C23H36N2O7. The van der Waals surface area contributed by atoms with Crippen LogP contribution in [0, 0.1) is 5.92 Å². The quantitative estimate of drug-likeness (QED) is 0.424. The molecule has 0 radical (unpaired) electrons. The van der Waals surface area contributed by atoms with Crippen molar-refractivity contribution in [3.05, 3.63) is 11.6 Å². The lowest BCUT2D eigenvalue weighted by molar-refractivity contribution is -0.138. The summed E-state index contributed by atoms with van der Waals surface area (Å²) < 4.78 is 23.9. The number of carbonyl (C=O) groups is 2. The summed E-state index contributed by atoms with van der Waals surface area (Å²) in [6.07, 6.45) is 4.15. The predicted molar refractivity (Wildman–Crippen MR) is 115 cm³/mol. The SMILES string of the molecule is CO[C@@H]1[C@H](OC(=O)N[C@@H]2CCN(CC(=O)O)C2)CC[C@]2(CO2)[C@H]1[C@@]1(C)O[C@@H]1CC=C(C)C. The van der Waals surface area contributed by atoms with Gasteiger partial charge in [-0.1, -0.05) is 11.6 Å². The van der Waals surface area contributed by atoms with Gasteiger partial charge in [0.25, 0.3) is 0 Å². The summed E-state index contributed by atoms with van der Waals surface area (Å²) in [7, 11) is 1.66. The van der Waals surface area contributed by atoms with Gasteiger partial charge in [0.15, 0.2) is 0 Å². The number of nitrogens with zero attached hydrogens (tertiary/aromatic N) is 1. The Kier molecular flexibility index (Phi) is 6.55. The molecule has 1 aliphatic carbocycles. The first-order chi connectivity index (χ1) is 15.2. The molecule has 9 nitrogen and oxygen atoms in total. The molecule has 0 unspecified atom stereocenters. The first-order valence-corrected chi connectivity index (χ1v) is 11.6. The number of hydrogen-bond acceptors (Lipinski definition) is 7. The molecule has 3 heterocycles. The van der Waals surface area contributed by atoms with Gasteiger partial charge in [-0.15, -0.1) is 0 Å². The molecule has 1 amide bonds. The van der Waals surface area contributed by atoms with Crippen LogP contribution in [0.4, 0.5) is 4.79 Å². The Morgan fingerprint density at radius 3 is 2.69 bits per heavy atom. The smallest absolute Gasteiger partial charge is 0.407 e. The van der Waals surface area contributed by atoms with Crippen LogP contribution < -0.4 is 5.32 Å². The zero-order valence-electron chi connectivity index (χ0n) is 19.5. The number of alkyl carbamates (subject to hydrolysis) is 1. The van der Waals surface area contributed by atoms with Gasteiger partial charge in [0.05, 0.1) is 25.2 Å². The molecule has 0 aromatic rings. The number of hydrogen-bond donors (Lipinski definition) is 2. The molecule has 4 rings (SSSR count). The topological polar surface area (TPSA) is 113 Å². The summed E-state index contributed by atoms with van der Waals surface area (Å²) >= 11 is 0. The van der Waals surface area contributed by atoms with Crippen LogP contribution in [-0.4, -0.2) is 91.0 Å². The highest BCUT2D eigenvalue weighted by Gasteiger charge is 2.72. The van der Waals surface area contributed by atoms with Gasteiger partial charge in [-0.05, 0) is 46.5 Å². The lowest BCUT2D eigenvalue weighted by Crippen LogP contribution is -2.56. The van der Waals surface area contributed by atoms with Crippen molar-refractivity contribution in [3.8, 4) is 0 Å². The molecule has 180 valence electrons. The van der Waals surface area contributed by atoms with E-state index < -0.39 is 12.1 Å². The van der Waals surface area contributed by atoms with Crippen LogP contribution in [0.3, 0.4) is 0 Å². The van der Waals surface area contributed by atoms with Crippen molar-refractivity contribution in [2.45, 2.75) is 82.0 Å². The fourth-order valence-electron chi connectivity index (χ4n) is 5.69. The van der Waals surface area contributed by atoms with E-state index in [9.17, 15) is 9.59 Å². The molecule has 32 heavy (non-hydrogen) atoms. The Hall–Kier alpha value is -1.68. The number of ether oxygens (including phenoxy) is 4. The number of rotatable bonds is 8. The van der Waals surface area contributed by atoms with E-state index in [1.807, 2.05) is 4.90 Å². The molecular weight excluding hydrogens is 416 g/mol. The number of carboxylic acids is 1. The number of epoxide rings is 2. The highest BCUT2D eigenvalue weighted by molar-refractivity contribution is 5.69. The van der Waals surface area contributed by atoms with E-state index in [2.05, 4.69) is 32.2 Å². The van der Waals surface area contributed by atoms with E-state index in [1.165, 1.54) is 5.57 Å². The minimum Gasteiger partial charge on any atom is -0.480 e. The minimum atomic E-state index is -0.862. The predicted octanol–water partition coefficient (Wildman–Crippen LogP) is 1.95. The fourth-order valence-corrected chi connectivity index (χ4v) is 5.69. The van der Waals surface area contributed by atoms with E-state index in [-0.39, 0.29) is 48.0 Å². The molecule has 2 N–H and O–H groups in total. The van der Waals surface area contributed by atoms with Crippen molar-refractivity contribution in [2.75, 3.05) is 33.4 Å². The summed E-state index contributed by atoms with van der Waals surface area (Å²) in [5.74, 6) is -0.876. The summed E-state index contributed by atoms with van der Waals surface area (Å²) in [6.45, 7) is 8.11. The Labute approximate surface area is 189 Å². The molecule has 3 aliphatic heterocycles. The number of nitrogens with one attached hydrogen (secondary N) is 1. The molecule has 7 atom stereocenters. The number of amides is 1. The van der Waals surface area contributed by atoms with E-state index in [0.717, 1.165) is 12.8 Å². The van der Waals surface area contributed by atoms with Gasteiger partial charge >= 0.3 is 12.1 Å². The maximum atomic E-state index is 12.7. The van der Waals surface area contributed by atoms with Crippen molar-refractivity contribution in [2.24, 2.45) is 5.92 Å². The summed E-state index contributed by atoms with van der Waals surface area (Å²) in [5.41, 5.74) is 0.637. The molecule has 0 aromatic heterocycles. The standard InChI is InChI=1S/C23H36N2O7/c1-14(2)5-6-17-22(3,32-17)20-19(29-4)16(7-9-23(20)13-30-23)31-21(28)24-15-8-10-25(11-15)12-18(26)27/h5,15-17,19-20H,6-13H2,1-4H3,(H,24,28)(H,26,27)/t15-,16-,17-,19-,20-,22+,23+/m1/s1. The lowest BCUT2D eigenvalue weighted by atomic mass is 9.68. The van der Waals surface area contributed by atoms with Crippen LogP contribution in [-0.2, 0) is 23.7 Å². The van der Waals surface area contributed by atoms with Crippen LogP contribution in [0.25, 0.3) is 0 Å². The first-order valence-electron chi connectivity index (χ1n) is 11.6. The second kappa shape index (κ2) is 8.93. The molecule has 1 spiro atoms. The highest BCUT2D eigenvalue weighted by Crippen LogP contribution is 2.59. The van der Waals surface area contributed by atoms with Gasteiger partial charge < -0.3 is 29.4 Å². The minimum absolute atomic E-state index is 0.0142. The van der Waals surface area contributed by atoms with Crippen LogP contribution in [0.5, 0.6) is 0 Å². The van der Waals surface area contributed by atoms with Crippen LogP contribution >= 0.6 is 0 Å². The van der Waals surface area contributed by atoms with Crippen molar-refractivity contribution in [1.29, 1.82) is 0 Å². The number of methoxy groups -OCH3 is 1. The summed E-state index contributed by atoms with van der Waals surface area (Å²) in [5, 5.41) is 11.8. The average molecular weight is 453 g/mol. The molecule has 0 aromatic carbocycles. The Morgan fingerprint density at radius 1 is 1.31 bits per heavy atom. The van der Waals surface area contributed by atoms with Crippen molar-refractivity contribution in [3.63, 3.8) is 0 Å². The van der Waals surface area contributed by atoms with Crippen LogP contribution in [0.15, 0.2) is 11.6 Å². The maximum Gasteiger partial charge on any atom is 0.407 e. The normalized spacial score (nSPS) is 40.7. The van der Waals surface area contributed by atoms with E-state index in [0.29, 0.717) is 32.5 Å². The zero-order chi connectivity index (χ0) is 23.1. The van der Waals surface area contributed by atoms with Gasteiger partial charge in [-0.25, -0.2) is 4.79 Å². The third kappa shape index (κ3) is 4.81. The van der Waals surface area contributed by atoms with Crippen molar-refractivity contribution in [1.82, 2.24) is 10.2 Å². The zero-order valence-corrected chi connectivity index (χ0v) is 19.5. The number of carboxylic acid groups (broad SMARTS) is 1. The Bertz CT molecular complexity index is 763. The third-order valence-corrected chi connectivity index (χ3v) is 7.45. The van der Waals surface area contributed by atoms with Crippen LogP contribution in [0.2, 0.25) is 0 Å². The maximum absolute atomic E-state index is 12.7. The molecule has 4 fully saturated rings. The Morgan fingerprint density at radius 2 is 2.06 bits per heavy atom. The van der Waals surface area contributed by atoms with Gasteiger partial charge in [-0.2, -0.15) is 0 Å². The van der Waals surface area contributed by atoms with Gasteiger partial charge in [0.1, 0.15) is 23.4 Å². The fraction of sp³-hybridized carbons (Fsp3) is 0.826. The molecule has 1 saturated carbocycles. The number of aliphatic carboxylic acids is 1.